The molecule has 1 aliphatic rings. The summed E-state index contributed by atoms with van der Waals surface area (Å²) in [7, 11) is 1.84. The van der Waals surface area contributed by atoms with E-state index in [0.29, 0.717) is 19.8 Å². The third-order valence-electron chi connectivity index (χ3n) is 3.53. The minimum Gasteiger partial charge on any atom is -0.378 e. The molecule has 6 nitrogen and oxygen atoms in total. The summed E-state index contributed by atoms with van der Waals surface area (Å²) in [5.74, 6) is 0.133. The summed E-state index contributed by atoms with van der Waals surface area (Å²) in [6, 6.07) is 1.75. The van der Waals surface area contributed by atoms with Crippen LogP contribution in [0.3, 0.4) is 0 Å². The van der Waals surface area contributed by atoms with E-state index < -0.39 is 0 Å². The van der Waals surface area contributed by atoms with Crippen LogP contribution in [0.2, 0.25) is 0 Å². The van der Waals surface area contributed by atoms with Gasteiger partial charge in [0, 0.05) is 32.5 Å². The minimum absolute atomic E-state index is 0.133. The van der Waals surface area contributed by atoms with Crippen LogP contribution < -0.4 is 0 Å². The van der Waals surface area contributed by atoms with Crippen molar-refractivity contribution in [3.63, 3.8) is 0 Å². The van der Waals surface area contributed by atoms with Crippen LogP contribution in [0.1, 0.15) is 6.92 Å². The molecule has 0 radical (unpaired) electrons. The van der Waals surface area contributed by atoms with Gasteiger partial charge in [0.2, 0.25) is 5.91 Å². The number of carbonyl (C=O) groups is 1. The largest absolute Gasteiger partial charge is 0.378 e. The fraction of sp³-hybridized carbons (Fsp3) is 0.692. The lowest BCUT2D eigenvalue weighted by Gasteiger charge is -2.35. The Balaban J connectivity index is 1.86. The van der Waals surface area contributed by atoms with E-state index in [0.717, 1.165) is 19.6 Å². The molecular weight excluding hydrogens is 244 g/mol. The molecule has 0 bridgehead atoms. The van der Waals surface area contributed by atoms with Crippen molar-refractivity contribution < 1.29 is 9.53 Å². The lowest BCUT2D eigenvalue weighted by molar-refractivity contribution is -0.141. The van der Waals surface area contributed by atoms with Gasteiger partial charge in [0.1, 0.15) is 6.04 Å². The number of hydrogen-bond donors (Lipinski definition) is 0. The molecule has 1 aromatic heterocycles. The summed E-state index contributed by atoms with van der Waals surface area (Å²) < 4.78 is 7.26. The van der Waals surface area contributed by atoms with E-state index in [1.807, 2.05) is 24.0 Å². The maximum absolute atomic E-state index is 12.4. The summed E-state index contributed by atoms with van der Waals surface area (Å²) >= 11 is 0. The van der Waals surface area contributed by atoms with E-state index in [4.69, 9.17) is 4.74 Å². The Morgan fingerprint density at radius 1 is 1.58 bits per heavy atom. The molecule has 0 saturated carbocycles. The predicted octanol–water partition coefficient (Wildman–Crippen LogP) is 0.0622. The second-order valence-corrected chi connectivity index (χ2v) is 4.75. The molecule has 1 saturated heterocycles. The Bertz CT molecular complexity index is 393. The van der Waals surface area contributed by atoms with Gasteiger partial charge in [-0.15, -0.1) is 0 Å². The highest BCUT2D eigenvalue weighted by atomic mass is 16.5. The molecule has 6 heteroatoms. The van der Waals surface area contributed by atoms with Crippen molar-refractivity contribution in [2.45, 2.75) is 19.5 Å². The van der Waals surface area contributed by atoms with Gasteiger partial charge >= 0.3 is 0 Å². The fourth-order valence-corrected chi connectivity index (χ4v) is 2.29. The van der Waals surface area contributed by atoms with Crippen LogP contribution in [0.4, 0.5) is 0 Å². The highest BCUT2D eigenvalue weighted by Gasteiger charge is 2.30. The third kappa shape index (κ3) is 3.54. The summed E-state index contributed by atoms with van der Waals surface area (Å²) in [6.07, 6.45) is 3.65. The average molecular weight is 266 g/mol. The van der Waals surface area contributed by atoms with Crippen LogP contribution in [0, 0.1) is 0 Å². The number of likely N-dealkylation sites (N-methyl/N-ethyl adjacent to an activating group) is 2. The monoisotopic (exact) mass is 266 g/mol. The van der Waals surface area contributed by atoms with Gasteiger partial charge in [0.15, 0.2) is 0 Å². The zero-order valence-corrected chi connectivity index (χ0v) is 11.7. The first kappa shape index (κ1) is 14.0. The Labute approximate surface area is 113 Å². The zero-order chi connectivity index (χ0) is 13.7. The Morgan fingerprint density at radius 3 is 3.11 bits per heavy atom. The van der Waals surface area contributed by atoms with E-state index in [1.54, 1.807) is 11.1 Å². The molecule has 1 aromatic rings. The smallest absolute Gasteiger partial charge is 0.242 e. The highest BCUT2D eigenvalue weighted by Crippen LogP contribution is 2.09. The van der Waals surface area contributed by atoms with E-state index in [1.165, 1.54) is 0 Å². The molecule has 0 aromatic carbocycles. The molecule has 0 aliphatic carbocycles. The SMILES string of the molecule is CCN1CCOCC1C(=O)N(C)CCn1cccn1. The minimum atomic E-state index is -0.138. The first-order valence-corrected chi connectivity index (χ1v) is 6.76. The van der Waals surface area contributed by atoms with Gasteiger partial charge in [-0.2, -0.15) is 5.10 Å². The summed E-state index contributed by atoms with van der Waals surface area (Å²) in [5, 5.41) is 4.13. The molecule has 0 spiro atoms. The maximum atomic E-state index is 12.4. The third-order valence-corrected chi connectivity index (χ3v) is 3.53. The second-order valence-electron chi connectivity index (χ2n) is 4.75. The average Bonchev–Trinajstić information content (AvgIpc) is 2.97. The van der Waals surface area contributed by atoms with E-state index in [2.05, 4.69) is 16.9 Å². The lowest BCUT2D eigenvalue weighted by Crippen LogP contribution is -2.54. The molecule has 0 N–H and O–H groups in total. The number of morpholine rings is 1. The normalized spacial score (nSPS) is 20.4. The van der Waals surface area contributed by atoms with Crippen LogP contribution >= 0.6 is 0 Å². The van der Waals surface area contributed by atoms with Gasteiger partial charge in [-0.1, -0.05) is 6.92 Å². The van der Waals surface area contributed by atoms with Crippen LogP contribution in [-0.2, 0) is 16.1 Å². The Hall–Kier alpha value is -1.40. The van der Waals surface area contributed by atoms with Gasteiger partial charge in [0.25, 0.3) is 0 Å². The van der Waals surface area contributed by atoms with Crippen LogP contribution in [-0.4, -0.2) is 71.4 Å². The molecular formula is C13H22N4O2. The molecule has 1 unspecified atom stereocenters. The molecule has 106 valence electrons. The molecule has 2 rings (SSSR count). The van der Waals surface area contributed by atoms with Crippen molar-refractivity contribution >= 4 is 5.91 Å². The summed E-state index contributed by atoms with van der Waals surface area (Å²) in [6.45, 7) is 6.39. The van der Waals surface area contributed by atoms with Gasteiger partial charge in [0.05, 0.1) is 19.8 Å². The second kappa shape index (κ2) is 6.68. The van der Waals surface area contributed by atoms with Crippen LogP contribution in [0.15, 0.2) is 18.5 Å². The molecule has 1 atom stereocenters. The number of carbonyl (C=O) groups excluding carboxylic acids is 1. The van der Waals surface area contributed by atoms with Crippen molar-refractivity contribution in [3.8, 4) is 0 Å². The summed E-state index contributed by atoms with van der Waals surface area (Å²) in [4.78, 5) is 16.3. The van der Waals surface area contributed by atoms with Crippen LogP contribution in [0.5, 0.6) is 0 Å². The van der Waals surface area contributed by atoms with Crippen molar-refractivity contribution in [3.05, 3.63) is 18.5 Å². The standard InChI is InChI=1S/C13H22N4O2/c1-3-16-9-10-19-11-12(16)13(18)15(2)7-8-17-6-4-5-14-17/h4-6,12H,3,7-11H2,1-2H3. The Kier molecular flexibility index (Phi) is 4.93. The van der Waals surface area contributed by atoms with Gasteiger partial charge < -0.3 is 9.64 Å². The van der Waals surface area contributed by atoms with Crippen molar-refractivity contribution in [1.29, 1.82) is 0 Å². The van der Waals surface area contributed by atoms with E-state index >= 15 is 0 Å². The number of aromatic nitrogens is 2. The first-order chi connectivity index (χ1) is 9.22. The predicted molar refractivity (Wildman–Crippen MR) is 71.7 cm³/mol. The quantitative estimate of drug-likeness (QED) is 0.756. The molecule has 1 fully saturated rings. The lowest BCUT2D eigenvalue weighted by atomic mass is 10.2. The molecule has 1 amide bonds. The highest BCUT2D eigenvalue weighted by molar-refractivity contribution is 5.81. The topological polar surface area (TPSA) is 50.6 Å². The number of ether oxygens (including phenoxy) is 1. The van der Waals surface area contributed by atoms with Crippen molar-refractivity contribution in [2.75, 3.05) is 39.9 Å². The number of nitrogens with zero attached hydrogens (tertiary/aromatic N) is 4. The van der Waals surface area contributed by atoms with Gasteiger partial charge in [-0.3, -0.25) is 14.4 Å². The van der Waals surface area contributed by atoms with E-state index in [9.17, 15) is 4.79 Å². The molecule has 1 aliphatic heterocycles. The fourth-order valence-electron chi connectivity index (χ4n) is 2.29. The van der Waals surface area contributed by atoms with Crippen molar-refractivity contribution in [2.24, 2.45) is 0 Å². The van der Waals surface area contributed by atoms with Crippen molar-refractivity contribution in [1.82, 2.24) is 19.6 Å². The number of rotatable bonds is 5. The van der Waals surface area contributed by atoms with Gasteiger partial charge in [-0.05, 0) is 12.6 Å². The first-order valence-electron chi connectivity index (χ1n) is 6.76. The van der Waals surface area contributed by atoms with Crippen LogP contribution in [0.25, 0.3) is 0 Å². The Morgan fingerprint density at radius 2 is 2.42 bits per heavy atom. The summed E-state index contributed by atoms with van der Waals surface area (Å²) in [5.41, 5.74) is 0. The van der Waals surface area contributed by atoms with Gasteiger partial charge in [-0.25, -0.2) is 0 Å². The zero-order valence-electron chi connectivity index (χ0n) is 11.7. The molecule has 19 heavy (non-hydrogen) atoms. The maximum Gasteiger partial charge on any atom is 0.242 e. The number of amides is 1. The molecule has 2 heterocycles. The van der Waals surface area contributed by atoms with E-state index in [-0.39, 0.29) is 11.9 Å². The number of hydrogen-bond acceptors (Lipinski definition) is 4.